The normalized spacial score (nSPS) is 26.3. The second-order valence-electron chi connectivity index (χ2n) is 5.42. The van der Waals surface area contributed by atoms with E-state index in [-0.39, 0.29) is 11.8 Å². The zero-order valence-electron chi connectivity index (χ0n) is 11.3. The number of hydrogen-bond acceptors (Lipinski definition) is 3. The van der Waals surface area contributed by atoms with Gasteiger partial charge in [-0.15, -0.1) is 0 Å². The first kappa shape index (κ1) is 13.3. The summed E-state index contributed by atoms with van der Waals surface area (Å²) in [6, 6.07) is 0.896. The van der Waals surface area contributed by atoms with Crippen LogP contribution in [0.2, 0.25) is 0 Å². The van der Waals surface area contributed by atoms with Crippen LogP contribution in [0.1, 0.15) is 33.1 Å². The van der Waals surface area contributed by atoms with E-state index in [1.807, 2.05) is 4.90 Å². The molecule has 2 amide bonds. The van der Waals surface area contributed by atoms with Crippen LogP contribution in [-0.4, -0.2) is 59.9 Å². The number of likely N-dealkylation sites (tertiary alicyclic amines) is 2. The molecule has 2 heterocycles. The van der Waals surface area contributed by atoms with Gasteiger partial charge in [0.15, 0.2) is 0 Å². The molecule has 1 atom stereocenters. The summed E-state index contributed by atoms with van der Waals surface area (Å²) in [6.07, 6.45) is 3.17. The molecule has 0 radical (unpaired) electrons. The highest BCUT2D eigenvalue weighted by atomic mass is 16.2. The van der Waals surface area contributed by atoms with E-state index in [0.717, 1.165) is 45.4 Å². The predicted molar refractivity (Wildman–Crippen MR) is 69.1 cm³/mol. The summed E-state index contributed by atoms with van der Waals surface area (Å²) < 4.78 is 0. The minimum Gasteiger partial charge on any atom is -0.352 e. The average molecular weight is 253 g/mol. The second-order valence-corrected chi connectivity index (χ2v) is 5.42. The summed E-state index contributed by atoms with van der Waals surface area (Å²) in [5.74, 6) is 0.249. The number of nitrogens with one attached hydrogen (secondary N) is 1. The lowest BCUT2D eigenvalue weighted by Crippen LogP contribution is -2.46. The fourth-order valence-electron chi connectivity index (χ4n) is 3.07. The van der Waals surface area contributed by atoms with Crippen molar-refractivity contribution in [2.45, 2.75) is 45.2 Å². The smallest absolute Gasteiger partial charge is 0.219 e. The van der Waals surface area contributed by atoms with Crippen LogP contribution >= 0.6 is 0 Å². The lowest BCUT2D eigenvalue weighted by Gasteiger charge is -2.36. The van der Waals surface area contributed by atoms with Gasteiger partial charge in [-0.25, -0.2) is 0 Å². The topological polar surface area (TPSA) is 52.7 Å². The Morgan fingerprint density at radius 1 is 1.06 bits per heavy atom. The van der Waals surface area contributed by atoms with Crippen molar-refractivity contribution in [1.82, 2.24) is 15.1 Å². The summed E-state index contributed by atoms with van der Waals surface area (Å²) in [5.41, 5.74) is 0. The second kappa shape index (κ2) is 5.69. The Labute approximate surface area is 108 Å². The van der Waals surface area contributed by atoms with Crippen molar-refractivity contribution in [2.24, 2.45) is 0 Å². The minimum absolute atomic E-state index is 0.0632. The van der Waals surface area contributed by atoms with Crippen LogP contribution in [0.15, 0.2) is 0 Å². The van der Waals surface area contributed by atoms with Gasteiger partial charge in [0.1, 0.15) is 0 Å². The van der Waals surface area contributed by atoms with Crippen molar-refractivity contribution < 1.29 is 9.59 Å². The summed E-state index contributed by atoms with van der Waals surface area (Å²) in [7, 11) is 0. The van der Waals surface area contributed by atoms with E-state index < -0.39 is 0 Å². The van der Waals surface area contributed by atoms with Crippen molar-refractivity contribution in [2.75, 3.05) is 26.2 Å². The largest absolute Gasteiger partial charge is 0.352 e. The molecule has 0 saturated carbocycles. The molecular weight excluding hydrogens is 230 g/mol. The molecule has 2 aliphatic rings. The molecule has 2 fully saturated rings. The SMILES string of the molecule is CC(=O)NC1CCN(C2CCN(C(C)=O)CC2)C1. The van der Waals surface area contributed by atoms with E-state index in [9.17, 15) is 9.59 Å². The minimum atomic E-state index is 0.0632. The van der Waals surface area contributed by atoms with Gasteiger partial charge in [-0.1, -0.05) is 0 Å². The van der Waals surface area contributed by atoms with Gasteiger partial charge in [-0.3, -0.25) is 14.5 Å². The maximum atomic E-state index is 11.3. The quantitative estimate of drug-likeness (QED) is 0.765. The monoisotopic (exact) mass is 253 g/mol. The molecule has 0 aromatic carbocycles. The van der Waals surface area contributed by atoms with Crippen LogP contribution in [0.25, 0.3) is 0 Å². The highest BCUT2D eigenvalue weighted by Crippen LogP contribution is 2.21. The standard InChI is InChI=1S/C13H23N3O2/c1-10(17)14-12-3-6-16(9-12)13-4-7-15(8-5-13)11(2)18/h12-13H,3-9H2,1-2H3,(H,14,17). The fourth-order valence-corrected chi connectivity index (χ4v) is 3.07. The van der Waals surface area contributed by atoms with Crippen molar-refractivity contribution in [3.05, 3.63) is 0 Å². The molecule has 2 saturated heterocycles. The lowest BCUT2D eigenvalue weighted by atomic mass is 10.0. The summed E-state index contributed by atoms with van der Waals surface area (Å²) in [4.78, 5) is 26.7. The van der Waals surface area contributed by atoms with Gasteiger partial charge in [0.05, 0.1) is 0 Å². The van der Waals surface area contributed by atoms with Crippen molar-refractivity contribution in [3.8, 4) is 0 Å². The maximum Gasteiger partial charge on any atom is 0.219 e. The van der Waals surface area contributed by atoms with Gasteiger partial charge in [0.25, 0.3) is 0 Å². The number of rotatable bonds is 2. The number of nitrogens with zero attached hydrogens (tertiary/aromatic N) is 2. The van der Waals surface area contributed by atoms with Crippen LogP contribution in [-0.2, 0) is 9.59 Å². The Morgan fingerprint density at radius 3 is 2.28 bits per heavy atom. The third-order valence-corrected chi connectivity index (χ3v) is 4.05. The van der Waals surface area contributed by atoms with E-state index in [2.05, 4.69) is 10.2 Å². The Kier molecular flexibility index (Phi) is 4.22. The van der Waals surface area contributed by atoms with Gasteiger partial charge in [-0.2, -0.15) is 0 Å². The lowest BCUT2D eigenvalue weighted by molar-refractivity contribution is -0.130. The van der Waals surface area contributed by atoms with Crippen molar-refractivity contribution in [3.63, 3.8) is 0 Å². The molecule has 0 aliphatic carbocycles. The van der Waals surface area contributed by atoms with E-state index >= 15 is 0 Å². The third-order valence-electron chi connectivity index (χ3n) is 4.05. The number of hydrogen-bond donors (Lipinski definition) is 1. The summed E-state index contributed by atoms with van der Waals surface area (Å²) in [6.45, 7) is 7.00. The number of carbonyl (C=O) groups is 2. The molecule has 5 nitrogen and oxygen atoms in total. The molecule has 1 unspecified atom stereocenters. The van der Waals surface area contributed by atoms with Crippen LogP contribution in [0.4, 0.5) is 0 Å². The van der Waals surface area contributed by atoms with Gasteiger partial charge in [0, 0.05) is 52.1 Å². The van der Waals surface area contributed by atoms with Gasteiger partial charge in [0.2, 0.25) is 11.8 Å². The first-order chi connectivity index (χ1) is 8.56. The molecule has 2 rings (SSSR count). The van der Waals surface area contributed by atoms with Gasteiger partial charge >= 0.3 is 0 Å². The Balaban J connectivity index is 1.77. The molecule has 0 aromatic rings. The molecule has 0 spiro atoms. The Morgan fingerprint density at radius 2 is 1.72 bits per heavy atom. The molecule has 1 N–H and O–H groups in total. The van der Waals surface area contributed by atoms with E-state index in [1.54, 1.807) is 13.8 Å². The fraction of sp³-hybridized carbons (Fsp3) is 0.846. The first-order valence-electron chi connectivity index (χ1n) is 6.83. The molecule has 18 heavy (non-hydrogen) atoms. The van der Waals surface area contributed by atoms with Gasteiger partial charge in [-0.05, 0) is 19.3 Å². The van der Waals surface area contributed by atoms with Crippen molar-refractivity contribution >= 4 is 11.8 Å². The van der Waals surface area contributed by atoms with Crippen LogP contribution < -0.4 is 5.32 Å². The summed E-state index contributed by atoms with van der Waals surface area (Å²) in [5, 5.41) is 2.99. The molecule has 5 heteroatoms. The van der Waals surface area contributed by atoms with Crippen LogP contribution in [0.3, 0.4) is 0 Å². The molecule has 0 aromatic heterocycles. The molecule has 0 bridgehead atoms. The number of carbonyl (C=O) groups excluding carboxylic acids is 2. The van der Waals surface area contributed by atoms with Crippen LogP contribution in [0, 0.1) is 0 Å². The number of piperidine rings is 1. The van der Waals surface area contributed by atoms with E-state index in [4.69, 9.17) is 0 Å². The van der Waals surface area contributed by atoms with Gasteiger partial charge < -0.3 is 10.2 Å². The average Bonchev–Trinajstić information content (AvgIpc) is 2.76. The van der Waals surface area contributed by atoms with E-state index in [1.165, 1.54) is 0 Å². The maximum absolute atomic E-state index is 11.3. The Hall–Kier alpha value is -1.10. The van der Waals surface area contributed by atoms with Crippen molar-refractivity contribution in [1.29, 1.82) is 0 Å². The Bertz CT molecular complexity index is 324. The number of amides is 2. The predicted octanol–water partition coefficient (Wildman–Crippen LogP) is 0.208. The molecule has 2 aliphatic heterocycles. The zero-order chi connectivity index (χ0) is 13.1. The van der Waals surface area contributed by atoms with E-state index in [0.29, 0.717) is 12.1 Å². The van der Waals surface area contributed by atoms with Crippen LogP contribution in [0.5, 0.6) is 0 Å². The highest BCUT2D eigenvalue weighted by molar-refractivity contribution is 5.73. The summed E-state index contributed by atoms with van der Waals surface area (Å²) >= 11 is 0. The zero-order valence-corrected chi connectivity index (χ0v) is 11.3. The molecular formula is C13H23N3O2. The highest BCUT2D eigenvalue weighted by Gasteiger charge is 2.31. The first-order valence-corrected chi connectivity index (χ1v) is 6.83. The third kappa shape index (κ3) is 3.22. The molecule has 102 valence electrons.